The van der Waals surface area contributed by atoms with Gasteiger partial charge in [-0.2, -0.15) is 35.1 Å². The van der Waals surface area contributed by atoms with E-state index in [-0.39, 0.29) is 17.8 Å². The van der Waals surface area contributed by atoms with Crippen molar-refractivity contribution in [1.29, 1.82) is 0 Å². The van der Waals surface area contributed by atoms with E-state index in [0.29, 0.717) is 12.1 Å². The highest BCUT2D eigenvalue weighted by molar-refractivity contribution is 5.41. The van der Waals surface area contributed by atoms with E-state index >= 15 is 0 Å². The molecule has 1 aromatic carbocycles. The van der Waals surface area contributed by atoms with Crippen molar-refractivity contribution in [2.45, 2.75) is 30.1 Å². The number of benzene rings is 1. The number of alkyl halides is 10. The van der Waals surface area contributed by atoms with E-state index in [1.54, 1.807) is 0 Å². The average Bonchev–Trinajstić information content (AvgIpc) is 2.38. The van der Waals surface area contributed by atoms with E-state index in [2.05, 4.69) is 0 Å². The van der Waals surface area contributed by atoms with Crippen molar-refractivity contribution in [2.75, 3.05) is 5.73 Å². The van der Waals surface area contributed by atoms with Crippen molar-refractivity contribution in [3.63, 3.8) is 0 Å². The van der Waals surface area contributed by atoms with Gasteiger partial charge in [0, 0.05) is 11.3 Å². The number of hydrogen-bond donors (Lipinski definition) is 1. The molecule has 2 N–H and O–H groups in total. The molecule has 126 valence electrons. The first kappa shape index (κ1) is 18.4. The Morgan fingerprint density at radius 2 is 1.14 bits per heavy atom. The molecule has 0 atom stereocenters. The van der Waals surface area contributed by atoms with Crippen LogP contribution in [0, 0.1) is 0 Å². The maximum absolute atomic E-state index is 13.5. The Hall–Kier alpha value is -1.68. The molecule has 0 heterocycles. The summed E-state index contributed by atoms with van der Waals surface area (Å²) in [5.74, 6) is -26.3. The fraction of sp³-hybridized carbons (Fsp3) is 0.455. The second kappa shape index (κ2) is 5.20. The summed E-state index contributed by atoms with van der Waals surface area (Å²) in [5.41, 5.74) is 3.09. The molecule has 11 heteroatoms. The monoisotopic (exact) mass is 343 g/mol. The van der Waals surface area contributed by atoms with Crippen LogP contribution in [0.4, 0.5) is 49.6 Å². The van der Waals surface area contributed by atoms with Crippen molar-refractivity contribution in [3.8, 4) is 0 Å². The number of anilines is 1. The van der Waals surface area contributed by atoms with Gasteiger partial charge in [-0.1, -0.05) is 12.1 Å². The standard InChI is InChI=1S/C11H7F10N/c12-7(13)9(16,17)11(20,21)10(18,19)8(14,15)5-1-3-6(22)4-2-5/h1-4,7H,22H2. The Labute approximate surface area is 116 Å². The number of halogens is 10. The van der Waals surface area contributed by atoms with E-state index in [0.717, 1.165) is 0 Å². The van der Waals surface area contributed by atoms with Gasteiger partial charge in [-0.25, -0.2) is 8.78 Å². The third-order valence-electron chi connectivity index (χ3n) is 2.75. The number of rotatable bonds is 5. The molecule has 0 spiro atoms. The van der Waals surface area contributed by atoms with Gasteiger partial charge in [0.2, 0.25) is 0 Å². The van der Waals surface area contributed by atoms with E-state index < -0.39 is 35.7 Å². The van der Waals surface area contributed by atoms with Crippen LogP contribution in [0.2, 0.25) is 0 Å². The van der Waals surface area contributed by atoms with Crippen LogP contribution >= 0.6 is 0 Å². The molecule has 1 rings (SSSR count). The minimum atomic E-state index is -7.00. The molecular weight excluding hydrogens is 336 g/mol. The first-order valence-corrected chi connectivity index (χ1v) is 5.35. The normalized spacial score (nSPS) is 14.5. The largest absolute Gasteiger partial charge is 0.399 e. The fourth-order valence-electron chi connectivity index (χ4n) is 1.42. The molecule has 0 aromatic heterocycles. The Bertz CT molecular complexity index is 522. The molecule has 1 aromatic rings. The molecule has 0 aliphatic carbocycles. The van der Waals surface area contributed by atoms with Crippen molar-refractivity contribution in [2.24, 2.45) is 0 Å². The molecule has 0 saturated carbocycles. The highest BCUT2D eigenvalue weighted by Crippen LogP contribution is 2.57. The Morgan fingerprint density at radius 1 is 0.727 bits per heavy atom. The second-order valence-electron chi connectivity index (χ2n) is 4.27. The van der Waals surface area contributed by atoms with Crippen molar-refractivity contribution in [3.05, 3.63) is 29.8 Å². The summed E-state index contributed by atoms with van der Waals surface area (Å²) >= 11 is 0. The molecule has 0 fully saturated rings. The molecule has 0 unspecified atom stereocenters. The summed E-state index contributed by atoms with van der Waals surface area (Å²) in [5, 5.41) is 0. The molecule has 0 aliphatic heterocycles. The Balaban J connectivity index is 3.40. The maximum Gasteiger partial charge on any atom is 0.384 e. The highest BCUT2D eigenvalue weighted by Gasteiger charge is 2.83. The van der Waals surface area contributed by atoms with Crippen LogP contribution in [0.3, 0.4) is 0 Å². The van der Waals surface area contributed by atoms with Crippen molar-refractivity contribution in [1.82, 2.24) is 0 Å². The van der Waals surface area contributed by atoms with Gasteiger partial charge >= 0.3 is 30.1 Å². The van der Waals surface area contributed by atoms with Crippen LogP contribution in [-0.2, 0) is 5.92 Å². The Kier molecular flexibility index (Phi) is 4.34. The van der Waals surface area contributed by atoms with Gasteiger partial charge in [0.05, 0.1) is 0 Å². The molecule has 0 radical (unpaired) electrons. The van der Waals surface area contributed by atoms with E-state index in [1.165, 1.54) is 0 Å². The van der Waals surface area contributed by atoms with Crippen molar-refractivity contribution >= 4 is 5.69 Å². The summed E-state index contributed by atoms with van der Waals surface area (Å²) in [6, 6.07) is 1.64. The van der Waals surface area contributed by atoms with Gasteiger partial charge < -0.3 is 5.73 Å². The summed E-state index contributed by atoms with van der Waals surface area (Å²) in [6.45, 7) is 0. The van der Waals surface area contributed by atoms with Gasteiger partial charge in [0.1, 0.15) is 0 Å². The van der Waals surface area contributed by atoms with E-state index in [4.69, 9.17) is 5.73 Å². The molecule has 0 amide bonds. The molecule has 0 aliphatic rings. The van der Waals surface area contributed by atoms with Crippen molar-refractivity contribution < 1.29 is 43.9 Å². The SMILES string of the molecule is Nc1ccc(C(F)(F)C(F)(F)C(F)(F)C(F)(F)C(F)F)cc1. The third kappa shape index (κ3) is 2.45. The van der Waals surface area contributed by atoms with Gasteiger partial charge in [0.15, 0.2) is 0 Å². The third-order valence-corrected chi connectivity index (χ3v) is 2.75. The Morgan fingerprint density at radius 3 is 1.50 bits per heavy atom. The van der Waals surface area contributed by atoms with E-state index in [9.17, 15) is 43.9 Å². The second-order valence-corrected chi connectivity index (χ2v) is 4.27. The molecular formula is C11H7F10N. The summed E-state index contributed by atoms with van der Waals surface area (Å²) in [4.78, 5) is 0. The van der Waals surface area contributed by atoms with Gasteiger partial charge in [-0.05, 0) is 12.1 Å². The number of nitrogen functional groups attached to an aromatic ring is 1. The van der Waals surface area contributed by atoms with Crippen LogP contribution in [-0.4, -0.2) is 24.2 Å². The first-order chi connectivity index (χ1) is 9.69. The van der Waals surface area contributed by atoms with Crippen LogP contribution in [0.15, 0.2) is 24.3 Å². The molecule has 1 nitrogen and oxygen atoms in total. The smallest absolute Gasteiger partial charge is 0.384 e. The maximum atomic E-state index is 13.5. The topological polar surface area (TPSA) is 26.0 Å². The lowest BCUT2D eigenvalue weighted by atomic mass is 9.93. The van der Waals surface area contributed by atoms with Crippen LogP contribution < -0.4 is 5.73 Å². The zero-order valence-electron chi connectivity index (χ0n) is 10.2. The zero-order chi connectivity index (χ0) is 17.6. The molecule has 0 saturated heterocycles. The summed E-state index contributed by atoms with van der Waals surface area (Å²) in [7, 11) is 0. The molecule has 22 heavy (non-hydrogen) atoms. The number of nitrogens with two attached hydrogens (primary N) is 1. The van der Waals surface area contributed by atoms with Crippen LogP contribution in [0.25, 0.3) is 0 Å². The lowest BCUT2D eigenvalue weighted by molar-refractivity contribution is -0.387. The quantitative estimate of drug-likeness (QED) is 0.617. The van der Waals surface area contributed by atoms with Gasteiger partial charge in [0.25, 0.3) is 0 Å². The highest BCUT2D eigenvalue weighted by atomic mass is 19.4. The zero-order valence-corrected chi connectivity index (χ0v) is 10.2. The predicted molar refractivity (Wildman–Crippen MR) is 55.6 cm³/mol. The lowest BCUT2D eigenvalue weighted by Gasteiger charge is -2.36. The lowest BCUT2D eigenvalue weighted by Crippen LogP contribution is -2.63. The summed E-state index contributed by atoms with van der Waals surface area (Å²) < 4.78 is 128. The predicted octanol–water partition coefficient (Wildman–Crippen LogP) is 4.53. The minimum Gasteiger partial charge on any atom is -0.399 e. The van der Waals surface area contributed by atoms with Gasteiger partial charge in [-0.3, -0.25) is 0 Å². The van der Waals surface area contributed by atoms with Gasteiger partial charge in [-0.15, -0.1) is 0 Å². The number of hydrogen-bond acceptors (Lipinski definition) is 1. The van der Waals surface area contributed by atoms with E-state index in [1.807, 2.05) is 0 Å². The fourth-order valence-corrected chi connectivity index (χ4v) is 1.42. The first-order valence-electron chi connectivity index (χ1n) is 5.35. The summed E-state index contributed by atoms with van der Waals surface area (Å²) in [6.07, 6.45) is -5.27. The average molecular weight is 343 g/mol. The van der Waals surface area contributed by atoms with Crippen LogP contribution in [0.5, 0.6) is 0 Å². The minimum absolute atomic E-state index is 0.194. The molecule has 0 bridgehead atoms. The van der Waals surface area contributed by atoms with Crippen LogP contribution in [0.1, 0.15) is 5.56 Å².